The zero-order chi connectivity index (χ0) is 23.4. The van der Waals surface area contributed by atoms with Gasteiger partial charge in [0.15, 0.2) is 0 Å². The maximum atomic E-state index is 13.1. The molecule has 2 amide bonds. The summed E-state index contributed by atoms with van der Waals surface area (Å²) in [5.41, 5.74) is 2.34. The number of amides is 2. The highest BCUT2D eigenvalue weighted by atomic mass is 16.2. The quantitative estimate of drug-likeness (QED) is 0.589. The van der Waals surface area contributed by atoms with Gasteiger partial charge in [-0.1, -0.05) is 19.3 Å². The lowest BCUT2D eigenvalue weighted by molar-refractivity contribution is -0.117. The summed E-state index contributed by atoms with van der Waals surface area (Å²) in [6.45, 7) is 1.91. The Kier molecular flexibility index (Phi) is 6.82. The molecule has 1 fully saturated rings. The average Bonchev–Trinajstić information content (AvgIpc) is 3.18. The Morgan fingerprint density at radius 1 is 1.12 bits per heavy atom. The van der Waals surface area contributed by atoms with Crippen LogP contribution in [0.4, 0.5) is 5.95 Å². The van der Waals surface area contributed by atoms with Crippen LogP contribution in [0.25, 0.3) is 11.0 Å². The normalized spacial score (nSPS) is 14.2. The first-order valence-electron chi connectivity index (χ1n) is 11.4. The molecule has 172 valence electrons. The van der Waals surface area contributed by atoms with Gasteiger partial charge in [-0.2, -0.15) is 0 Å². The van der Waals surface area contributed by atoms with Crippen LogP contribution in [0.5, 0.6) is 0 Å². The number of aryl methyl sites for hydroxylation is 1. The molecule has 2 aromatic heterocycles. The number of nitrogens with one attached hydrogen (secondary N) is 1. The van der Waals surface area contributed by atoms with E-state index in [1.54, 1.807) is 30.5 Å². The van der Waals surface area contributed by atoms with E-state index in [4.69, 9.17) is 0 Å². The first-order chi connectivity index (χ1) is 15.9. The lowest BCUT2D eigenvalue weighted by Gasteiger charge is -2.31. The Bertz CT molecular complexity index is 1170. The molecule has 1 aliphatic rings. The third kappa shape index (κ3) is 5.10. The number of anilines is 1. The molecule has 8 nitrogen and oxygen atoms in total. The number of pyridine rings is 1. The zero-order valence-electron chi connectivity index (χ0n) is 19.1. The fraction of sp³-hybridized carbons (Fsp3) is 0.400. The number of imidazole rings is 1. The number of carbonyl (C=O) groups is 3. The minimum Gasteiger partial charge on any atom is -0.339 e. The van der Waals surface area contributed by atoms with E-state index >= 15 is 0 Å². The molecule has 0 spiro atoms. The van der Waals surface area contributed by atoms with Crippen LogP contribution in [-0.4, -0.2) is 50.1 Å². The lowest BCUT2D eigenvalue weighted by Crippen LogP contribution is -2.38. The molecule has 1 aromatic carbocycles. The highest BCUT2D eigenvalue weighted by Gasteiger charge is 2.24. The second-order valence-corrected chi connectivity index (χ2v) is 8.65. The number of carbonyl (C=O) groups excluding carboxylic acids is 3. The van der Waals surface area contributed by atoms with Crippen molar-refractivity contribution in [2.45, 2.75) is 58.0 Å². The monoisotopic (exact) mass is 447 g/mol. The number of hydrogen-bond acceptors (Lipinski definition) is 5. The van der Waals surface area contributed by atoms with Gasteiger partial charge in [0, 0.05) is 44.0 Å². The Morgan fingerprint density at radius 2 is 1.91 bits per heavy atom. The maximum Gasteiger partial charge on any atom is 0.259 e. The maximum absolute atomic E-state index is 13.1. The summed E-state index contributed by atoms with van der Waals surface area (Å²) in [6.07, 6.45) is 9.01. The fourth-order valence-electron chi connectivity index (χ4n) is 4.36. The standard InChI is InChI=1S/C25H29N5O3/c1-17(31)12-14-30-22-11-10-18(24(33)29(2)20-8-4-3-5-9-20)15-21(22)27-25(30)28-23(32)19-7-6-13-26-16-19/h6-7,10-11,13,15-16,20H,3-5,8-9,12,14H2,1-2H3,(H,27,28,32). The number of fused-ring (bicyclic) bond motifs is 1. The second-order valence-electron chi connectivity index (χ2n) is 8.65. The van der Waals surface area contributed by atoms with Gasteiger partial charge in [0.2, 0.25) is 5.95 Å². The van der Waals surface area contributed by atoms with E-state index in [1.165, 1.54) is 19.5 Å². The van der Waals surface area contributed by atoms with E-state index in [1.807, 2.05) is 22.6 Å². The molecule has 3 aromatic rings. The fourth-order valence-corrected chi connectivity index (χ4v) is 4.36. The van der Waals surface area contributed by atoms with E-state index in [0.29, 0.717) is 35.6 Å². The molecule has 0 radical (unpaired) electrons. The van der Waals surface area contributed by atoms with E-state index in [9.17, 15) is 14.4 Å². The zero-order valence-corrected chi connectivity index (χ0v) is 19.1. The predicted octanol–water partition coefficient (Wildman–Crippen LogP) is 4.07. The van der Waals surface area contributed by atoms with Crippen LogP contribution < -0.4 is 5.32 Å². The molecule has 0 aliphatic heterocycles. The van der Waals surface area contributed by atoms with Crippen LogP contribution in [0.15, 0.2) is 42.7 Å². The third-order valence-electron chi connectivity index (χ3n) is 6.27. The van der Waals surface area contributed by atoms with E-state index in [-0.39, 0.29) is 23.6 Å². The molecule has 1 aliphatic carbocycles. The highest BCUT2D eigenvalue weighted by Crippen LogP contribution is 2.26. The van der Waals surface area contributed by atoms with Gasteiger partial charge in [0.05, 0.1) is 16.6 Å². The number of benzene rings is 1. The van der Waals surface area contributed by atoms with Crippen molar-refractivity contribution >= 4 is 34.6 Å². The lowest BCUT2D eigenvalue weighted by atomic mass is 9.94. The number of aromatic nitrogens is 3. The second kappa shape index (κ2) is 9.94. The molecular weight excluding hydrogens is 418 g/mol. The smallest absolute Gasteiger partial charge is 0.259 e. The first kappa shape index (κ1) is 22.6. The first-order valence-corrected chi connectivity index (χ1v) is 11.4. The molecule has 0 atom stereocenters. The van der Waals surface area contributed by atoms with Crippen molar-refractivity contribution < 1.29 is 14.4 Å². The number of nitrogens with zero attached hydrogens (tertiary/aromatic N) is 4. The Labute approximate surface area is 193 Å². The minimum atomic E-state index is -0.337. The van der Waals surface area contributed by atoms with Crippen molar-refractivity contribution in [2.24, 2.45) is 0 Å². The molecule has 2 heterocycles. The summed E-state index contributed by atoms with van der Waals surface area (Å²) in [5, 5.41) is 2.83. The summed E-state index contributed by atoms with van der Waals surface area (Å²) in [5.74, 6) is 0.0199. The third-order valence-corrected chi connectivity index (χ3v) is 6.27. The summed E-state index contributed by atoms with van der Waals surface area (Å²) >= 11 is 0. The topological polar surface area (TPSA) is 97.2 Å². The molecule has 0 saturated heterocycles. The van der Waals surface area contributed by atoms with Crippen LogP contribution in [0, 0.1) is 0 Å². The Hall–Kier alpha value is -3.55. The van der Waals surface area contributed by atoms with Gasteiger partial charge < -0.3 is 9.47 Å². The van der Waals surface area contributed by atoms with Crippen molar-refractivity contribution in [2.75, 3.05) is 12.4 Å². The van der Waals surface area contributed by atoms with Gasteiger partial charge in [0.25, 0.3) is 11.8 Å². The van der Waals surface area contributed by atoms with Crippen molar-refractivity contribution in [3.05, 3.63) is 53.9 Å². The molecule has 1 saturated carbocycles. The molecule has 4 rings (SSSR count). The van der Waals surface area contributed by atoms with Crippen LogP contribution >= 0.6 is 0 Å². The van der Waals surface area contributed by atoms with Crippen LogP contribution in [-0.2, 0) is 11.3 Å². The number of rotatable bonds is 7. The number of Topliss-reactive ketones (excluding diaryl/α,β-unsaturated/α-hetero) is 1. The van der Waals surface area contributed by atoms with Crippen LogP contribution in [0.3, 0.4) is 0 Å². The number of hydrogen-bond donors (Lipinski definition) is 1. The molecule has 8 heteroatoms. The van der Waals surface area contributed by atoms with Crippen LogP contribution in [0.1, 0.15) is 66.2 Å². The van der Waals surface area contributed by atoms with Crippen molar-refractivity contribution in [1.29, 1.82) is 0 Å². The minimum absolute atomic E-state index is 0.0250. The SMILES string of the molecule is CC(=O)CCn1c(NC(=O)c2cccnc2)nc2cc(C(=O)N(C)C3CCCCC3)ccc21. The predicted molar refractivity (Wildman–Crippen MR) is 126 cm³/mol. The average molecular weight is 448 g/mol. The van der Waals surface area contributed by atoms with E-state index < -0.39 is 0 Å². The summed E-state index contributed by atoms with van der Waals surface area (Å²) in [6, 6.07) is 9.02. The van der Waals surface area contributed by atoms with Gasteiger partial charge >= 0.3 is 0 Å². The van der Waals surface area contributed by atoms with Gasteiger partial charge in [-0.3, -0.25) is 24.7 Å². The molecule has 0 unspecified atom stereocenters. The van der Waals surface area contributed by atoms with Crippen molar-refractivity contribution in [3.8, 4) is 0 Å². The highest BCUT2D eigenvalue weighted by molar-refractivity contribution is 6.04. The molecular formula is C25H29N5O3. The van der Waals surface area contributed by atoms with E-state index in [0.717, 1.165) is 31.2 Å². The number of ketones is 1. The van der Waals surface area contributed by atoms with Gasteiger partial charge in [-0.05, 0) is 50.1 Å². The Balaban J connectivity index is 1.64. The van der Waals surface area contributed by atoms with Crippen molar-refractivity contribution in [1.82, 2.24) is 19.4 Å². The molecule has 0 bridgehead atoms. The summed E-state index contributed by atoms with van der Waals surface area (Å²) in [4.78, 5) is 47.9. The summed E-state index contributed by atoms with van der Waals surface area (Å²) < 4.78 is 1.81. The van der Waals surface area contributed by atoms with Gasteiger partial charge in [0.1, 0.15) is 5.78 Å². The molecule has 1 N–H and O–H groups in total. The largest absolute Gasteiger partial charge is 0.339 e. The van der Waals surface area contributed by atoms with Crippen LogP contribution in [0.2, 0.25) is 0 Å². The van der Waals surface area contributed by atoms with Gasteiger partial charge in [-0.15, -0.1) is 0 Å². The molecule has 33 heavy (non-hydrogen) atoms. The Morgan fingerprint density at radius 3 is 2.61 bits per heavy atom. The van der Waals surface area contributed by atoms with Crippen molar-refractivity contribution in [3.63, 3.8) is 0 Å². The summed E-state index contributed by atoms with van der Waals surface area (Å²) in [7, 11) is 1.87. The van der Waals surface area contributed by atoms with E-state index in [2.05, 4.69) is 15.3 Å². The van der Waals surface area contributed by atoms with Gasteiger partial charge in [-0.25, -0.2) is 4.98 Å².